The molecule has 0 aromatic heterocycles. The predicted octanol–water partition coefficient (Wildman–Crippen LogP) is 1.18. The van der Waals surface area contributed by atoms with Gasteiger partial charge in [-0.1, -0.05) is 31.5 Å². The Hall–Kier alpha value is -3.95. The number of hydrogen-bond acceptors (Lipinski definition) is 13. The number of β-lactam (4-membered cyclic amide) rings is 1. The molecule has 0 unspecified atom stereocenters. The fourth-order valence-corrected chi connectivity index (χ4v) is 7.87. The zero-order chi connectivity index (χ0) is 33.9. The van der Waals surface area contributed by atoms with Gasteiger partial charge >= 0.3 is 23.9 Å². The molecule has 5 rings (SSSR count). The molecule has 3 heterocycles. The van der Waals surface area contributed by atoms with E-state index in [-0.39, 0.29) is 55.0 Å². The normalized spacial score (nSPS) is 26.6. The molecule has 1 aliphatic carbocycles. The molecule has 0 radical (unpaired) electrons. The summed E-state index contributed by atoms with van der Waals surface area (Å²) in [5, 5.41) is 12.7. The Bertz CT molecular complexity index is 1450. The van der Waals surface area contributed by atoms with Crippen LogP contribution in [0, 0.1) is 17.8 Å². The van der Waals surface area contributed by atoms with E-state index in [9.17, 15) is 33.9 Å². The van der Waals surface area contributed by atoms with Gasteiger partial charge in [-0.25, -0.2) is 9.59 Å². The van der Waals surface area contributed by atoms with Gasteiger partial charge in [-0.05, 0) is 37.8 Å². The number of benzene rings is 1. The van der Waals surface area contributed by atoms with Gasteiger partial charge in [0.2, 0.25) is 25.4 Å². The lowest BCUT2D eigenvalue weighted by molar-refractivity contribution is -0.173. The van der Waals surface area contributed by atoms with Gasteiger partial charge in [-0.3, -0.25) is 19.2 Å². The van der Waals surface area contributed by atoms with Crippen molar-refractivity contribution in [3.05, 3.63) is 46.5 Å². The van der Waals surface area contributed by atoms with Gasteiger partial charge in [0.15, 0.2) is 0 Å². The van der Waals surface area contributed by atoms with Crippen LogP contribution in [0.2, 0.25) is 0 Å². The number of aliphatic hydroxyl groups is 1. The minimum atomic E-state index is -1.45. The van der Waals surface area contributed by atoms with Crippen molar-refractivity contribution < 1.29 is 52.8 Å². The van der Waals surface area contributed by atoms with Crippen LogP contribution < -0.4 is 5.32 Å². The van der Waals surface area contributed by atoms with E-state index < -0.39 is 66.1 Å². The SMILES string of the molecule is C[C@H]1C(S[C@]2(C(=O)OCOC(=O)C3CCC3)CN[C@H](C(=O)N(C)C)C2)=C(C(=O)OCOC(=O)c2ccccc2)N2C(=O)[C@@H](CCO)[C@@H]12. The van der Waals surface area contributed by atoms with Gasteiger partial charge in [0.25, 0.3) is 0 Å². The Morgan fingerprint density at radius 2 is 1.70 bits per heavy atom. The third kappa shape index (κ3) is 6.87. The van der Waals surface area contributed by atoms with Crippen LogP contribution >= 0.6 is 11.8 Å². The summed E-state index contributed by atoms with van der Waals surface area (Å²) in [4.78, 5) is 81.2. The number of esters is 4. The lowest BCUT2D eigenvalue weighted by atomic mass is 9.80. The summed E-state index contributed by atoms with van der Waals surface area (Å²) in [6.07, 6.45) is 2.53. The first-order chi connectivity index (χ1) is 22.5. The van der Waals surface area contributed by atoms with E-state index in [1.165, 1.54) is 9.80 Å². The molecular weight excluding hydrogens is 634 g/mol. The number of thioether (sulfide) groups is 1. The quantitative estimate of drug-likeness (QED) is 0.173. The number of carbonyl (C=O) groups is 6. The van der Waals surface area contributed by atoms with E-state index in [0.717, 1.165) is 31.0 Å². The Balaban J connectivity index is 1.39. The molecule has 1 aromatic rings. The van der Waals surface area contributed by atoms with E-state index in [1.807, 2.05) is 0 Å². The van der Waals surface area contributed by atoms with Crippen molar-refractivity contribution in [3.8, 4) is 0 Å². The highest BCUT2D eigenvalue weighted by molar-refractivity contribution is 8.05. The zero-order valence-corrected chi connectivity index (χ0v) is 27.3. The molecule has 47 heavy (non-hydrogen) atoms. The molecule has 1 saturated carbocycles. The van der Waals surface area contributed by atoms with Crippen molar-refractivity contribution in [2.24, 2.45) is 17.8 Å². The lowest BCUT2D eigenvalue weighted by Gasteiger charge is -2.45. The average molecular weight is 674 g/mol. The van der Waals surface area contributed by atoms with E-state index in [1.54, 1.807) is 51.4 Å². The molecule has 2 amide bonds. The second kappa shape index (κ2) is 14.4. The van der Waals surface area contributed by atoms with Crippen LogP contribution in [0.25, 0.3) is 0 Å². The van der Waals surface area contributed by atoms with Crippen LogP contribution in [0.4, 0.5) is 0 Å². The number of rotatable bonds is 13. The van der Waals surface area contributed by atoms with Crippen molar-refractivity contribution in [2.45, 2.75) is 55.9 Å². The molecule has 3 aliphatic heterocycles. The van der Waals surface area contributed by atoms with Gasteiger partial charge in [0.1, 0.15) is 10.4 Å². The lowest BCUT2D eigenvalue weighted by Crippen LogP contribution is -2.60. The maximum absolute atomic E-state index is 13.8. The molecule has 3 fully saturated rings. The molecule has 5 atom stereocenters. The molecule has 2 saturated heterocycles. The third-order valence-electron chi connectivity index (χ3n) is 9.10. The van der Waals surface area contributed by atoms with Crippen LogP contribution in [-0.4, -0.2) is 108 Å². The minimum Gasteiger partial charge on any atom is -0.428 e. The predicted molar refractivity (Wildman–Crippen MR) is 165 cm³/mol. The number of amides is 2. The highest BCUT2D eigenvalue weighted by Gasteiger charge is 2.61. The van der Waals surface area contributed by atoms with Crippen molar-refractivity contribution >= 4 is 47.5 Å². The summed E-state index contributed by atoms with van der Waals surface area (Å²) in [5.74, 6) is -4.76. The number of nitrogens with one attached hydrogen (secondary N) is 1. The molecule has 254 valence electrons. The van der Waals surface area contributed by atoms with Crippen molar-refractivity contribution in [1.29, 1.82) is 0 Å². The van der Waals surface area contributed by atoms with Crippen molar-refractivity contribution in [1.82, 2.24) is 15.1 Å². The van der Waals surface area contributed by atoms with E-state index in [4.69, 9.17) is 18.9 Å². The molecule has 0 spiro atoms. The fraction of sp³-hybridized carbons (Fsp3) is 0.562. The van der Waals surface area contributed by atoms with Crippen LogP contribution in [0.5, 0.6) is 0 Å². The number of hydrogen-bond donors (Lipinski definition) is 2. The summed E-state index contributed by atoms with van der Waals surface area (Å²) in [7, 11) is 3.18. The van der Waals surface area contributed by atoms with E-state index in [0.29, 0.717) is 4.91 Å². The molecule has 15 heteroatoms. The number of aliphatic hydroxyl groups excluding tert-OH is 1. The number of fused-ring (bicyclic) bond motifs is 1. The highest BCUT2D eigenvalue weighted by atomic mass is 32.2. The largest absolute Gasteiger partial charge is 0.428 e. The Morgan fingerprint density at radius 1 is 1.02 bits per heavy atom. The summed E-state index contributed by atoms with van der Waals surface area (Å²) >= 11 is 1.00. The smallest absolute Gasteiger partial charge is 0.358 e. The van der Waals surface area contributed by atoms with Gasteiger partial charge in [0.05, 0.1) is 29.5 Å². The Kier molecular flexibility index (Phi) is 10.6. The molecule has 2 N–H and O–H groups in total. The maximum Gasteiger partial charge on any atom is 0.358 e. The first-order valence-electron chi connectivity index (χ1n) is 15.5. The summed E-state index contributed by atoms with van der Waals surface area (Å²) in [6.45, 7) is 0.208. The third-order valence-corrected chi connectivity index (χ3v) is 10.8. The van der Waals surface area contributed by atoms with Gasteiger partial charge in [-0.15, -0.1) is 11.8 Å². The van der Waals surface area contributed by atoms with Crippen LogP contribution in [0.3, 0.4) is 0 Å². The topological polar surface area (TPSA) is 178 Å². The Morgan fingerprint density at radius 3 is 2.34 bits per heavy atom. The molecular formula is C32H39N3O11S. The molecule has 1 aromatic carbocycles. The van der Waals surface area contributed by atoms with Gasteiger partial charge < -0.3 is 39.2 Å². The summed E-state index contributed by atoms with van der Waals surface area (Å²) < 4.78 is 19.6. The second-order valence-corrected chi connectivity index (χ2v) is 13.7. The number of ether oxygens (including phenoxy) is 4. The number of nitrogens with zero attached hydrogens (tertiary/aromatic N) is 2. The molecule has 4 aliphatic rings. The highest BCUT2D eigenvalue weighted by Crippen LogP contribution is 2.54. The van der Waals surface area contributed by atoms with Gasteiger partial charge in [0, 0.05) is 38.1 Å². The van der Waals surface area contributed by atoms with Crippen molar-refractivity contribution in [2.75, 3.05) is 40.8 Å². The maximum atomic E-state index is 13.8. The monoisotopic (exact) mass is 673 g/mol. The number of likely N-dealkylation sites (N-methyl/N-ethyl adjacent to an activating group) is 1. The van der Waals surface area contributed by atoms with Gasteiger partial charge in [-0.2, -0.15) is 0 Å². The molecule has 14 nitrogen and oxygen atoms in total. The zero-order valence-electron chi connectivity index (χ0n) is 26.5. The minimum absolute atomic E-state index is 0.0179. The van der Waals surface area contributed by atoms with Crippen molar-refractivity contribution in [3.63, 3.8) is 0 Å². The average Bonchev–Trinajstić information content (AvgIpc) is 3.57. The Labute approximate surface area is 276 Å². The van der Waals surface area contributed by atoms with E-state index >= 15 is 0 Å². The van der Waals surface area contributed by atoms with Crippen LogP contribution in [-0.2, 0) is 42.9 Å². The summed E-state index contributed by atoms with van der Waals surface area (Å²) in [5.41, 5.74) is 0.154. The fourth-order valence-electron chi connectivity index (χ4n) is 6.29. The van der Waals surface area contributed by atoms with E-state index in [2.05, 4.69) is 5.32 Å². The number of carbonyl (C=O) groups excluding carboxylic acids is 6. The first-order valence-corrected chi connectivity index (χ1v) is 16.4. The first kappa shape index (κ1) is 34.4. The summed E-state index contributed by atoms with van der Waals surface area (Å²) in [6, 6.07) is 6.89. The molecule has 0 bridgehead atoms. The standard InChI is InChI=1S/C32H39N3O11S/c1-18-23-21(12-13-36)26(37)35(23)24(30(41)45-16-43-28(39)19-8-5-4-6-9-19)25(18)47-32(14-22(33-15-32)27(38)34(2)3)31(42)46-17-44-29(40)20-10-7-11-20/h4-6,8-9,18,20-23,33,36H,7,10-17H2,1-3H3/t18-,21+,22+,23-,32+/m1/s1. The van der Waals surface area contributed by atoms with Crippen LogP contribution in [0.15, 0.2) is 40.9 Å². The van der Waals surface area contributed by atoms with Crippen LogP contribution in [0.1, 0.15) is 49.4 Å². The second-order valence-electron chi connectivity index (χ2n) is 12.3.